The highest BCUT2D eigenvalue weighted by atomic mass is 32.1. The Morgan fingerprint density at radius 2 is 2.07 bits per heavy atom. The smallest absolute Gasteiger partial charge is 0.321 e. The molecular weight excluding hydrogens is 388 g/mol. The van der Waals surface area contributed by atoms with Gasteiger partial charge >= 0.3 is 6.03 Å². The molecule has 0 saturated carbocycles. The molecule has 4 rings (SSSR count). The van der Waals surface area contributed by atoms with Crippen LogP contribution < -0.4 is 11.1 Å². The van der Waals surface area contributed by atoms with Crippen LogP contribution in [0.25, 0.3) is 10.6 Å². The molecule has 1 aliphatic rings. The van der Waals surface area contributed by atoms with Gasteiger partial charge in [0.15, 0.2) is 0 Å². The van der Waals surface area contributed by atoms with Crippen molar-refractivity contribution >= 4 is 29.0 Å². The molecule has 3 amide bonds. The second-order valence-electron chi connectivity index (χ2n) is 7.10. The van der Waals surface area contributed by atoms with Crippen LogP contribution in [0.1, 0.15) is 34.8 Å². The molecule has 9 heteroatoms. The minimum absolute atomic E-state index is 0.00882. The van der Waals surface area contributed by atoms with E-state index in [1.54, 1.807) is 40.4 Å². The Balaban J connectivity index is 1.43. The number of aromatic nitrogens is 3. The molecule has 0 spiro atoms. The molecule has 2 aromatic heterocycles. The fraction of sp³-hybridized carbons (Fsp3) is 0.300. The lowest BCUT2D eigenvalue weighted by Crippen LogP contribution is -2.42. The van der Waals surface area contributed by atoms with Gasteiger partial charge in [-0.25, -0.2) is 9.78 Å². The quantitative estimate of drug-likeness (QED) is 0.689. The molecular formula is C20H22N6O2S. The molecule has 0 aliphatic carbocycles. The van der Waals surface area contributed by atoms with E-state index in [0.717, 1.165) is 29.1 Å². The van der Waals surface area contributed by atoms with Crippen molar-refractivity contribution in [3.8, 4) is 10.6 Å². The summed E-state index contributed by atoms with van der Waals surface area (Å²) in [5, 5.41) is 10.3. The average molecular weight is 411 g/mol. The van der Waals surface area contributed by atoms with Gasteiger partial charge in [-0.3, -0.25) is 9.48 Å². The first-order chi connectivity index (χ1) is 14.0. The van der Waals surface area contributed by atoms with Gasteiger partial charge in [0.2, 0.25) is 0 Å². The summed E-state index contributed by atoms with van der Waals surface area (Å²) in [5.74, 6) is -0.500. The third-order valence-corrected chi connectivity index (χ3v) is 5.86. The molecule has 8 nitrogen and oxygen atoms in total. The van der Waals surface area contributed by atoms with E-state index in [1.807, 2.05) is 29.6 Å². The highest BCUT2D eigenvalue weighted by molar-refractivity contribution is 7.13. The SMILES string of the molecule is Cn1cc(C(N)=O)c(C2CCCN(C(=O)Nc3ccc(-c4nccs4)cc3)C2)n1. The number of thiazole rings is 1. The molecule has 3 N–H and O–H groups in total. The molecule has 1 aromatic carbocycles. The fourth-order valence-corrected chi connectivity index (χ4v) is 4.29. The molecule has 1 saturated heterocycles. The van der Waals surface area contributed by atoms with E-state index >= 15 is 0 Å². The summed E-state index contributed by atoms with van der Waals surface area (Å²) in [5.41, 5.74) is 8.34. The summed E-state index contributed by atoms with van der Waals surface area (Å²) < 4.78 is 1.60. The van der Waals surface area contributed by atoms with Crippen LogP contribution in [0.15, 0.2) is 42.0 Å². The maximum absolute atomic E-state index is 12.8. The zero-order chi connectivity index (χ0) is 20.4. The lowest BCUT2D eigenvalue weighted by Gasteiger charge is -2.32. The number of amides is 3. The zero-order valence-electron chi connectivity index (χ0n) is 16.0. The number of carbonyl (C=O) groups is 2. The summed E-state index contributed by atoms with van der Waals surface area (Å²) in [6, 6.07) is 7.48. The second kappa shape index (κ2) is 8.04. The van der Waals surface area contributed by atoms with Gasteiger partial charge in [-0.15, -0.1) is 11.3 Å². The monoisotopic (exact) mass is 410 g/mol. The van der Waals surface area contributed by atoms with Gasteiger partial charge in [0.05, 0.1) is 11.3 Å². The van der Waals surface area contributed by atoms with E-state index in [1.165, 1.54) is 0 Å². The number of aryl methyl sites for hydroxylation is 1. The van der Waals surface area contributed by atoms with Gasteiger partial charge in [-0.1, -0.05) is 0 Å². The maximum Gasteiger partial charge on any atom is 0.321 e. The molecule has 3 heterocycles. The number of rotatable bonds is 4. The number of benzene rings is 1. The number of hydrogen-bond acceptors (Lipinski definition) is 5. The van der Waals surface area contributed by atoms with Crippen molar-refractivity contribution in [3.63, 3.8) is 0 Å². The zero-order valence-corrected chi connectivity index (χ0v) is 16.9. The largest absolute Gasteiger partial charge is 0.365 e. The van der Waals surface area contributed by atoms with Crippen molar-refractivity contribution in [1.82, 2.24) is 19.7 Å². The Bertz CT molecular complexity index is 1010. The van der Waals surface area contributed by atoms with E-state index in [9.17, 15) is 9.59 Å². The van der Waals surface area contributed by atoms with Crippen LogP contribution in [0, 0.1) is 0 Å². The number of anilines is 1. The predicted molar refractivity (Wildman–Crippen MR) is 112 cm³/mol. The number of urea groups is 1. The minimum Gasteiger partial charge on any atom is -0.365 e. The molecule has 1 atom stereocenters. The van der Waals surface area contributed by atoms with Crippen LogP contribution in [0.2, 0.25) is 0 Å². The molecule has 1 unspecified atom stereocenters. The Morgan fingerprint density at radius 3 is 2.76 bits per heavy atom. The fourth-order valence-electron chi connectivity index (χ4n) is 3.65. The van der Waals surface area contributed by atoms with Gasteiger partial charge in [0.25, 0.3) is 5.91 Å². The van der Waals surface area contributed by atoms with Crippen molar-refractivity contribution in [2.24, 2.45) is 12.8 Å². The molecule has 0 radical (unpaired) electrons. The van der Waals surface area contributed by atoms with Gasteiger partial charge in [-0.05, 0) is 37.1 Å². The van der Waals surface area contributed by atoms with Crippen molar-refractivity contribution in [2.75, 3.05) is 18.4 Å². The number of nitrogens with one attached hydrogen (secondary N) is 1. The summed E-state index contributed by atoms with van der Waals surface area (Å²) >= 11 is 1.57. The molecule has 0 bridgehead atoms. The van der Waals surface area contributed by atoms with Gasteiger partial charge in [0.1, 0.15) is 5.01 Å². The third kappa shape index (κ3) is 4.14. The topological polar surface area (TPSA) is 106 Å². The number of likely N-dealkylation sites (tertiary alicyclic amines) is 1. The van der Waals surface area contributed by atoms with Crippen LogP contribution in [0.5, 0.6) is 0 Å². The molecule has 3 aromatic rings. The van der Waals surface area contributed by atoms with Crippen LogP contribution in [-0.4, -0.2) is 44.7 Å². The highest BCUT2D eigenvalue weighted by Crippen LogP contribution is 2.29. The summed E-state index contributed by atoms with van der Waals surface area (Å²) in [7, 11) is 1.76. The standard InChI is InChI=1S/C20H22N6O2S/c1-25-12-16(18(21)27)17(24-25)14-3-2-9-26(11-14)20(28)23-15-6-4-13(5-7-15)19-22-8-10-29-19/h4-8,10,12,14H,2-3,9,11H2,1H3,(H2,21,27)(H,23,28). The number of nitrogens with two attached hydrogens (primary N) is 1. The lowest BCUT2D eigenvalue weighted by molar-refractivity contribution is 0.0998. The summed E-state index contributed by atoms with van der Waals surface area (Å²) in [6.07, 6.45) is 5.12. The number of nitrogens with zero attached hydrogens (tertiary/aromatic N) is 4. The predicted octanol–water partition coefficient (Wildman–Crippen LogP) is 3.05. The number of piperidine rings is 1. The number of hydrogen-bond donors (Lipinski definition) is 2. The second-order valence-corrected chi connectivity index (χ2v) is 7.99. The van der Waals surface area contributed by atoms with E-state index in [0.29, 0.717) is 24.3 Å². The highest BCUT2D eigenvalue weighted by Gasteiger charge is 2.29. The van der Waals surface area contributed by atoms with E-state index < -0.39 is 5.91 Å². The van der Waals surface area contributed by atoms with Crippen LogP contribution in [-0.2, 0) is 7.05 Å². The lowest BCUT2D eigenvalue weighted by atomic mass is 9.92. The van der Waals surface area contributed by atoms with Gasteiger partial charge in [0, 0.05) is 55.1 Å². The first kappa shape index (κ1) is 19.1. The van der Waals surface area contributed by atoms with Crippen molar-refractivity contribution in [2.45, 2.75) is 18.8 Å². The van der Waals surface area contributed by atoms with Gasteiger partial charge in [-0.2, -0.15) is 5.10 Å². The van der Waals surface area contributed by atoms with Crippen molar-refractivity contribution in [1.29, 1.82) is 0 Å². The van der Waals surface area contributed by atoms with Crippen LogP contribution in [0.3, 0.4) is 0 Å². The minimum atomic E-state index is -0.491. The Kier molecular flexibility index (Phi) is 5.30. The number of primary amides is 1. The van der Waals surface area contributed by atoms with Crippen molar-refractivity contribution in [3.05, 3.63) is 53.3 Å². The third-order valence-electron chi connectivity index (χ3n) is 5.03. The van der Waals surface area contributed by atoms with E-state index in [4.69, 9.17) is 5.73 Å². The normalized spacial score (nSPS) is 16.6. The molecule has 150 valence electrons. The van der Waals surface area contributed by atoms with Crippen LogP contribution >= 0.6 is 11.3 Å². The molecule has 29 heavy (non-hydrogen) atoms. The Morgan fingerprint density at radius 1 is 1.28 bits per heavy atom. The average Bonchev–Trinajstić information content (AvgIpc) is 3.38. The summed E-state index contributed by atoms with van der Waals surface area (Å²) in [4.78, 5) is 30.5. The first-order valence-corrected chi connectivity index (χ1v) is 10.3. The Hall–Kier alpha value is -3.20. The number of carbonyl (C=O) groups excluding carboxylic acids is 2. The Labute approximate surface area is 172 Å². The summed E-state index contributed by atoms with van der Waals surface area (Å²) in [6.45, 7) is 1.17. The van der Waals surface area contributed by atoms with E-state index in [2.05, 4.69) is 15.4 Å². The molecule has 1 aliphatic heterocycles. The first-order valence-electron chi connectivity index (χ1n) is 9.40. The van der Waals surface area contributed by atoms with Gasteiger partial charge < -0.3 is 16.0 Å². The maximum atomic E-state index is 12.8. The van der Waals surface area contributed by atoms with Crippen LogP contribution in [0.4, 0.5) is 10.5 Å². The van der Waals surface area contributed by atoms with E-state index in [-0.39, 0.29) is 11.9 Å². The van der Waals surface area contributed by atoms with Crippen molar-refractivity contribution < 1.29 is 9.59 Å². The molecule has 1 fully saturated rings.